The van der Waals surface area contributed by atoms with Crippen LogP contribution in [0.15, 0.2) is 17.5 Å². The number of carbonyl (C=O) groups excluding carboxylic acids is 2. The first-order valence-corrected chi connectivity index (χ1v) is 7.06. The number of thiophene rings is 1. The molecule has 5 heteroatoms. The Labute approximate surface area is 112 Å². The molecule has 0 aromatic carbocycles. The van der Waals surface area contributed by atoms with E-state index in [0.29, 0.717) is 30.3 Å². The normalized spacial score (nSPS) is 10.4. The van der Waals surface area contributed by atoms with Crippen LogP contribution in [0.3, 0.4) is 0 Å². The van der Waals surface area contributed by atoms with Gasteiger partial charge >= 0.3 is 0 Å². The van der Waals surface area contributed by atoms with Crippen LogP contribution < -0.4 is 10.6 Å². The van der Waals surface area contributed by atoms with Gasteiger partial charge in [0.15, 0.2) is 0 Å². The van der Waals surface area contributed by atoms with Crippen LogP contribution in [0.5, 0.6) is 0 Å². The maximum Gasteiger partial charge on any atom is 0.261 e. The molecule has 4 nitrogen and oxygen atoms in total. The van der Waals surface area contributed by atoms with Crippen molar-refractivity contribution in [1.29, 1.82) is 0 Å². The molecule has 0 aliphatic rings. The molecule has 100 valence electrons. The van der Waals surface area contributed by atoms with E-state index in [2.05, 4.69) is 24.5 Å². The lowest BCUT2D eigenvalue weighted by Gasteiger charge is -2.07. The van der Waals surface area contributed by atoms with E-state index < -0.39 is 0 Å². The van der Waals surface area contributed by atoms with E-state index in [-0.39, 0.29) is 11.8 Å². The molecule has 1 aromatic rings. The lowest BCUT2D eigenvalue weighted by molar-refractivity contribution is -0.120. The Bertz CT molecular complexity index is 374. The zero-order valence-corrected chi connectivity index (χ0v) is 11.7. The standard InChI is InChI=1S/C13H20N2O2S/c1-10(2)5-7-14-12(16)6-8-15-13(17)11-4-3-9-18-11/h3-4,9-10H,5-8H2,1-2H3,(H,14,16)(H,15,17). The minimum atomic E-state index is -0.111. The molecule has 0 aliphatic heterocycles. The zero-order valence-electron chi connectivity index (χ0n) is 10.9. The van der Waals surface area contributed by atoms with Crippen molar-refractivity contribution in [3.63, 3.8) is 0 Å². The minimum absolute atomic E-state index is 0.0119. The lowest BCUT2D eigenvalue weighted by Crippen LogP contribution is -2.31. The Hall–Kier alpha value is -1.36. The smallest absolute Gasteiger partial charge is 0.261 e. The lowest BCUT2D eigenvalue weighted by atomic mass is 10.1. The highest BCUT2D eigenvalue weighted by Crippen LogP contribution is 2.07. The number of nitrogens with one attached hydrogen (secondary N) is 2. The molecule has 0 spiro atoms. The van der Waals surface area contributed by atoms with Gasteiger partial charge in [-0.2, -0.15) is 0 Å². The average Bonchev–Trinajstić information content (AvgIpc) is 2.81. The molecule has 2 amide bonds. The first-order valence-electron chi connectivity index (χ1n) is 6.18. The molecule has 1 heterocycles. The van der Waals surface area contributed by atoms with Gasteiger partial charge in [0.1, 0.15) is 0 Å². The van der Waals surface area contributed by atoms with Crippen LogP contribution in [-0.4, -0.2) is 24.9 Å². The second-order valence-corrected chi connectivity index (χ2v) is 5.46. The highest BCUT2D eigenvalue weighted by molar-refractivity contribution is 7.12. The minimum Gasteiger partial charge on any atom is -0.356 e. The monoisotopic (exact) mass is 268 g/mol. The van der Waals surface area contributed by atoms with Crippen molar-refractivity contribution in [3.8, 4) is 0 Å². The maximum atomic E-state index is 11.6. The van der Waals surface area contributed by atoms with Gasteiger partial charge in [-0.15, -0.1) is 11.3 Å². The highest BCUT2D eigenvalue weighted by Gasteiger charge is 2.06. The second-order valence-electron chi connectivity index (χ2n) is 4.52. The van der Waals surface area contributed by atoms with Gasteiger partial charge in [0.25, 0.3) is 5.91 Å². The van der Waals surface area contributed by atoms with Crippen LogP contribution in [0.25, 0.3) is 0 Å². The summed E-state index contributed by atoms with van der Waals surface area (Å²) in [5, 5.41) is 7.42. The fourth-order valence-corrected chi connectivity index (χ4v) is 2.01. The van der Waals surface area contributed by atoms with Crippen LogP contribution in [0.2, 0.25) is 0 Å². The summed E-state index contributed by atoms with van der Waals surface area (Å²) in [6, 6.07) is 3.60. The number of rotatable bonds is 7. The molecule has 0 saturated heterocycles. The van der Waals surface area contributed by atoms with E-state index in [4.69, 9.17) is 0 Å². The third kappa shape index (κ3) is 5.82. The molecule has 2 N–H and O–H groups in total. The fraction of sp³-hybridized carbons (Fsp3) is 0.538. The summed E-state index contributed by atoms with van der Waals surface area (Å²) in [6.45, 7) is 5.32. The number of carbonyl (C=O) groups is 2. The van der Waals surface area contributed by atoms with Crippen LogP contribution in [0.4, 0.5) is 0 Å². The van der Waals surface area contributed by atoms with Gasteiger partial charge in [0, 0.05) is 19.5 Å². The summed E-state index contributed by atoms with van der Waals surface area (Å²) < 4.78 is 0. The van der Waals surface area contributed by atoms with Gasteiger partial charge in [-0.25, -0.2) is 0 Å². The third-order valence-electron chi connectivity index (χ3n) is 2.43. The van der Waals surface area contributed by atoms with Crippen molar-refractivity contribution >= 4 is 23.2 Å². The van der Waals surface area contributed by atoms with E-state index in [9.17, 15) is 9.59 Å². The first-order chi connectivity index (χ1) is 8.59. The largest absolute Gasteiger partial charge is 0.356 e. The topological polar surface area (TPSA) is 58.2 Å². The number of hydrogen-bond donors (Lipinski definition) is 2. The highest BCUT2D eigenvalue weighted by atomic mass is 32.1. The Morgan fingerprint density at radius 2 is 2.06 bits per heavy atom. The second kappa shape index (κ2) is 7.87. The first kappa shape index (κ1) is 14.7. The van der Waals surface area contributed by atoms with Gasteiger partial charge < -0.3 is 10.6 Å². The molecule has 18 heavy (non-hydrogen) atoms. The summed E-state index contributed by atoms with van der Waals surface area (Å²) in [6.07, 6.45) is 1.31. The summed E-state index contributed by atoms with van der Waals surface area (Å²) in [7, 11) is 0. The molecule has 0 atom stereocenters. The van der Waals surface area contributed by atoms with Crippen LogP contribution in [0.1, 0.15) is 36.4 Å². The average molecular weight is 268 g/mol. The molecule has 0 radical (unpaired) electrons. The van der Waals surface area contributed by atoms with Gasteiger partial charge in [0.05, 0.1) is 4.88 Å². The van der Waals surface area contributed by atoms with E-state index in [1.165, 1.54) is 11.3 Å². The van der Waals surface area contributed by atoms with Crippen LogP contribution in [-0.2, 0) is 4.79 Å². The van der Waals surface area contributed by atoms with E-state index >= 15 is 0 Å². The van der Waals surface area contributed by atoms with Crippen molar-refractivity contribution in [2.75, 3.05) is 13.1 Å². The Morgan fingerprint density at radius 1 is 1.28 bits per heavy atom. The summed E-state index contributed by atoms with van der Waals surface area (Å²) in [5.41, 5.74) is 0. The molecule has 1 aromatic heterocycles. The number of hydrogen-bond acceptors (Lipinski definition) is 3. The Morgan fingerprint density at radius 3 is 2.67 bits per heavy atom. The fourth-order valence-electron chi connectivity index (χ4n) is 1.37. The SMILES string of the molecule is CC(C)CCNC(=O)CCNC(=O)c1cccs1. The molecule has 0 unspecified atom stereocenters. The zero-order chi connectivity index (χ0) is 13.4. The summed E-state index contributed by atoms with van der Waals surface area (Å²) >= 11 is 1.39. The van der Waals surface area contributed by atoms with Crippen LogP contribution in [0, 0.1) is 5.92 Å². The van der Waals surface area contributed by atoms with Crippen molar-refractivity contribution in [3.05, 3.63) is 22.4 Å². The Balaban J connectivity index is 2.10. The molecule has 0 fully saturated rings. The molecule has 1 rings (SSSR count). The maximum absolute atomic E-state index is 11.6. The third-order valence-corrected chi connectivity index (χ3v) is 3.30. The summed E-state index contributed by atoms with van der Waals surface area (Å²) in [4.78, 5) is 23.7. The van der Waals surface area contributed by atoms with Crippen molar-refractivity contribution < 1.29 is 9.59 Å². The van der Waals surface area contributed by atoms with Gasteiger partial charge in [-0.1, -0.05) is 19.9 Å². The molecule has 0 aliphatic carbocycles. The van der Waals surface area contributed by atoms with Crippen molar-refractivity contribution in [1.82, 2.24) is 10.6 Å². The molecular weight excluding hydrogens is 248 g/mol. The molecule has 0 bridgehead atoms. The van der Waals surface area contributed by atoms with E-state index in [1.54, 1.807) is 6.07 Å². The molecule has 0 saturated carbocycles. The van der Waals surface area contributed by atoms with Crippen molar-refractivity contribution in [2.45, 2.75) is 26.7 Å². The van der Waals surface area contributed by atoms with Crippen molar-refractivity contribution in [2.24, 2.45) is 5.92 Å². The van der Waals surface area contributed by atoms with Gasteiger partial charge in [-0.05, 0) is 23.8 Å². The Kier molecular flexibility index (Phi) is 6.43. The van der Waals surface area contributed by atoms with E-state index in [1.807, 2.05) is 11.4 Å². The van der Waals surface area contributed by atoms with Crippen LogP contribution >= 0.6 is 11.3 Å². The molecular formula is C13H20N2O2S. The van der Waals surface area contributed by atoms with Gasteiger partial charge in [0.2, 0.25) is 5.91 Å². The predicted octanol–water partition coefficient (Wildman–Crippen LogP) is 2.03. The van der Waals surface area contributed by atoms with Gasteiger partial charge in [-0.3, -0.25) is 9.59 Å². The quantitative estimate of drug-likeness (QED) is 0.795. The number of amides is 2. The summed E-state index contributed by atoms with van der Waals surface area (Å²) in [5.74, 6) is 0.464. The van der Waals surface area contributed by atoms with E-state index in [0.717, 1.165) is 6.42 Å². The predicted molar refractivity (Wildman–Crippen MR) is 73.7 cm³/mol.